The summed E-state index contributed by atoms with van der Waals surface area (Å²) in [5, 5.41) is 3.15. The molecule has 136 valence electrons. The minimum absolute atomic E-state index is 0.0727. The molecule has 0 radical (unpaired) electrons. The van der Waals surface area contributed by atoms with Gasteiger partial charge in [0.25, 0.3) is 0 Å². The van der Waals surface area contributed by atoms with Crippen molar-refractivity contribution in [3.8, 4) is 11.5 Å². The number of carbonyl (C=O) groups is 1. The van der Waals surface area contributed by atoms with Crippen molar-refractivity contribution in [3.05, 3.63) is 42.2 Å². The molecule has 2 aliphatic heterocycles. The molecule has 1 aromatic heterocycles. The van der Waals surface area contributed by atoms with E-state index in [0.717, 1.165) is 48.9 Å². The first-order chi connectivity index (χ1) is 12.8. The third-order valence-electron chi connectivity index (χ3n) is 4.70. The summed E-state index contributed by atoms with van der Waals surface area (Å²) in [5.41, 5.74) is 1.08. The van der Waals surface area contributed by atoms with Crippen LogP contribution in [0.5, 0.6) is 11.5 Å². The monoisotopic (exact) mass is 354 g/mol. The summed E-state index contributed by atoms with van der Waals surface area (Å²) in [6, 6.07) is 7.77. The summed E-state index contributed by atoms with van der Waals surface area (Å²) in [7, 11) is 0. The molecule has 4 rings (SSSR count). The van der Waals surface area contributed by atoms with E-state index < -0.39 is 0 Å². The molecule has 2 aliphatic rings. The van der Waals surface area contributed by atoms with Crippen molar-refractivity contribution in [1.29, 1.82) is 0 Å². The van der Waals surface area contributed by atoms with Crippen molar-refractivity contribution in [2.24, 2.45) is 0 Å². The third kappa shape index (κ3) is 3.87. The summed E-state index contributed by atoms with van der Waals surface area (Å²) < 4.78 is 10.7. The molecule has 0 unspecified atom stereocenters. The van der Waals surface area contributed by atoms with Gasteiger partial charge in [-0.15, -0.1) is 0 Å². The number of amides is 1. The number of ether oxygens (including phenoxy) is 2. The van der Waals surface area contributed by atoms with Gasteiger partial charge in [-0.1, -0.05) is 6.07 Å². The lowest BCUT2D eigenvalue weighted by Crippen LogP contribution is -2.48. The van der Waals surface area contributed by atoms with Crippen LogP contribution in [-0.4, -0.2) is 41.8 Å². The average Bonchev–Trinajstić information content (AvgIpc) is 3.15. The molecule has 1 fully saturated rings. The number of hydrogen-bond acceptors (Lipinski definition) is 6. The van der Waals surface area contributed by atoms with E-state index in [2.05, 4.69) is 20.2 Å². The number of carbonyl (C=O) groups excluding carboxylic acids is 1. The van der Waals surface area contributed by atoms with Gasteiger partial charge in [-0.2, -0.15) is 0 Å². The molecule has 0 bridgehead atoms. The molecule has 0 saturated carbocycles. The fraction of sp³-hybridized carbons (Fsp3) is 0.421. The van der Waals surface area contributed by atoms with E-state index in [1.54, 1.807) is 12.4 Å². The van der Waals surface area contributed by atoms with Gasteiger partial charge in [0.1, 0.15) is 0 Å². The van der Waals surface area contributed by atoms with Crippen LogP contribution in [0.4, 0.5) is 5.95 Å². The molecular weight excluding hydrogens is 332 g/mol. The number of benzene rings is 1. The highest BCUT2D eigenvalue weighted by Gasteiger charge is 2.23. The van der Waals surface area contributed by atoms with Gasteiger partial charge < -0.3 is 19.7 Å². The van der Waals surface area contributed by atoms with Gasteiger partial charge in [0.05, 0.1) is 0 Å². The molecule has 1 N–H and O–H groups in total. The van der Waals surface area contributed by atoms with E-state index in [4.69, 9.17) is 9.47 Å². The molecule has 1 aromatic carbocycles. The Bertz CT molecular complexity index is 769. The first-order valence-electron chi connectivity index (χ1n) is 8.98. The fourth-order valence-electron chi connectivity index (χ4n) is 3.39. The quantitative estimate of drug-likeness (QED) is 0.884. The van der Waals surface area contributed by atoms with Crippen molar-refractivity contribution in [2.75, 3.05) is 24.8 Å². The molecule has 1 atom stereocenters. The zero-order valence-electron chi connectivity index (χ0n) is 14.6. The number of hydrogen-bond donors (Lipinski definition) is 1. The summed E-state index contributed by atoms with van der Waals surface area (Å²) in [6.07, 6.45) is 6.63. The molecule has 0 spiro atoms. The second-order valence-corrected chi connectivity index (χ2v) is 6.59. The zero-order valence-corrected chi connectivity index (χ0v) is 14.6. The number of aryl methyl sites for hydroxylation is 1. The maximum absolute atomic E-state index is 12.3. The van der Waals surface area contributed by atoms with Crippen LogP contribution in [0, 0.1) is 0 Å². The van der Waals surface area contributed by atoms with E-state index in [9.17, 15) is 4.79 Å². The van der Waals surface area contributed by atoms with Gasteiger partial charge in [0, 0.05) is 37.9 Å². The number of anilines is 1. The summed E-state index contributed by atoms with van der Waals surface area (Å²) in [4.78, 5) is 23.1. The Morgan fingerprint density at radius 2 is 2.08 bits per heavy atom. The molecule has 0 aliphatic carbocycles. The van der Waals surface area contributed by atoms with E-state index in [-0.39, 0.29) is 18.7 Å². The Hall–Kier alpha value is -2.83. The van der Waals surface area contributed by atoms with Crippen molar-refractivity contribution < 1.29 is 14.3 Å². The maximum atomic E-state index is 12.3. The highest BCUT2D eigenvalue weighted by Crippen LogP contribution is 2.32. The number of aromatic nitrogens is 2. The normalized spacial score (nSPS) is 18.6. The highest BCUT2D eigenvalue weighted by atomic mass is 16.7. The van der Waals surface area contributed by atoms with Crippen molar-refractivity contribution >= 4 is 11.9 Å². The van der Waals surface area contributed by atoms with E-state index in [1.807, 2.05) is 24.3 Å². The molecule has 7 nitrogen and oxygen atoms in total. The molecule has 1 saturated heterocycles. The second-order valence-electron chi connectivity index (χ2n) is 6.59. The first kappa shape index (κ1) is 16.6. The van der Waals surface area contributed by atoms with Gasteiger partial charge in [0.2, 0.25) is 18.6 Å². The summed E-state index contributed by atoms with van der Waals surface area (Å²) >= 11 is 0. The number of nitrogens with zero attached hydrogens (tertiary/aromatic N) is 3. The molecule has 26 heavy (non-hydrogen) atoms. The van der Waals surface area contributed by atoms with Crippen LogP contribution in [0.2, 0.25) is 0 Å². The minimum atomic E-state index is 0.0727. The number of piperidine rings is 1. The van der Waals surface area contributed by atoms with Crippen LogP contribution in [0.25, 0.3) is 0 Å². The van der Waals surface area contributed by atoms with E-state index >= 15 is 0 Å². The summed E-state index contributed by atoms with van der Waals surface area (Å²) in [5.74, 6) is 2.33. The lowest BCUT2D eigenvalue weighted by Gasteiger charge is -2.33. The van der Waals surface area contributed by atoms with Gasteiger partial charge in [0.15, 0.2) is 11.5 Å². The second kappa shape index (κ2) is 7.59. The van der Waals surface area contributed by atoms with E-state index in [1.165, 1.54) is 0 Å². The lowest BCUT2D eigenvalue weighted by atomic mass is 10.0. The SMILES string of the molecule is O=C(CCc1ccc2c(c1)OCO2)N[C@H]1CCCN(c2ncccn2)C1. The Kier molecular flexibility index (Phi) is 4.86. The number of fused-ring (bicyclic) bond motifs is 1. The largest absolute Gasteiger partial charge is 0.454 e. The van der Waals surface area contributed by atoms with Gasteiger partial charge in [-0.3, -0.25) is 4.79 Å². The molecule has 2 aromatic rings. The Balaban J connectivity index is 1.28. The topological polar surface area (TPSA) is 76.6 Å². The first-order valence-corrected chi connectivity index (χ1v) is 8.98. The van der Waals surface area contributed by atoms with Crippen LogP contribution < -0.4 is 19.7 Å². The molecule has 7 heteroatoms. The minimum Gasteiger partial charge on any atom is -0.454 e. The zero-order chi connectivity index (χ0) is 17.8. The van der Waals surface area contributed by atoms with Crippen LogP contribution in [0.3, 0.4) is 0 Å². The van der Waals surface area contributed by atoms with Crippen LogP contribution in [0.1, 0.15) is 24.8 Å². The van der Waals surface area contributed by atoms with Crippen molar-refractivity contribution in [2.45, 2.75) is 31.7 Å². The maximum Gasteiger partial charge on any atom is 0.231 e. The van der Waals surface area contributed by atoms with E-state index in [0.29, 0.717) is 12.8 Å². The average molecular weight is 354 g/mol. The summed E-state index contributed by atoms with van der Waals surface area (Å²) in [6.45, 7) is 1.94. The third-order valence-corrected chi connectivity index (χ3v) is 4.70. The van der Waals surface area contributed by atoms with Crippen molar-refractivity contribution in [1.82, 2.24) is 15.3 Å². The standard InChI is InChI=1S/C19H22N4O3/c24-18(7-5-14-4-6-16-17(11-14)26-13-25-16)22-15-3-1-10-23(12-15)19-20-8-2-9-21-19/h2,4,6,8-9,11,15H,1,3,5,7,10,12-13H2,(H,22,24)/t15-/m0/s1. The smallest absolute Gasteiger partial charge is 0.231 e. The van der Waals surface area contributed by atoms with Crippen molar-refractivity contribution in [3.63, 3.8) is 0 Å². The number of nitrogens with one attached hydrogen (secondary N) is 1. The lowest BCUT2D eigenvalue weighted by molar-refractivity contribution is -0.121. The van der Waals surface area contributed by atoms with Crippen LogP contribution >= 0.6 is 0 Å². The predicted octanol–water partition coefficient (Wildman–Crippen LogP) is 1.92. The van der Waals surface area contributed by atoms with Crippen LogP contribution in [-0.2, 0) is 11.2 Å². The fourth-order valence-corrected chi connectivity index (χ4v) is 3.39. The highest BCUT2D eigenvalue weighted by molar-refractivity contribution is 5.76. The van der Waals surface area contributed by atoms with Gasteiger partial charge in [-0.25, -0.2) is 9.97 Å². The Morgan fingerprint density at radius 3 is 2.96 bits per heavy atom. The van der Waals surface area contributed by atoms with Gasteiger partial charge in [-0.05, 0) is 43.0 Å². The Labute approximate surface area is 152 Å². The molecule has 3 heterocycles. The Morgan fingerprint density at radius 1 is 1.23 bits per heavy atom. The molecular formula is C19H22N4O3. The van der Waals surface area contributed by atoms with Gasteiger partial charge >= 0.3 is 0 Å². The molecule has 1 amide bonds. The number of rotatable bonds is 5. The predicted molar refractivity (Wildman–Crippen MR) is 96.3 cm³/mol. The van der Waals surface area contributed by atoms with Crippen LogP contribution in [0.15, 0.2) is 36.7 Å².